The lowest BCUT2D eigenvalue weighted by Crippen LogP contribution is -2.37. The molecule has 1 aromatic heterocycles. The molecule has 2 atom stereocenters. The molecule has 1 aliphatic carbocycles. The van der Waals surface area contributed by atoms with Crippen molar-refractivity contribution in [2.45, 2.75) is 25.3 Å². The molecule has 1 aliphatic rings. The molecule has 5 nitrogen and oxygen atoms in total. The molecule has 5 heteroatoms. The van der Waals surface area contributed by atoms with Crippen molar-refractivity contribution in [3.05, 3.63) is 24.0 Å². The van der Waals surface area contributed by atoms with E-state index in [9.17, 15) is 4.79 Å². The first-order valence-electron chi connectivity index (χ1n) is 6.64. The average Bonchev–Trinajstić information content (AvgIpc) is 2.94. The monoisotopic (exact) mass is 263 g/mol. The SMILES string of the molecule is COC(=O)c1cc(N(C)C2CCCC2CN)ccn1. The highest BCUT2D eigenvalue weighted by atomic mass is 16.5. The van der Waals surface area contributed by atoms with Gasteiger partial charge in [-0.15, -0.1) is 0 Å². The van der Waals surface area contributed by atoms with Crippen LogP contribution in [0, 0.1) is 5.92 Å². The maximum atomic E-state index is 11.5. The zero-order chi connectivity index (χ0) is 13.8. The van der Waals surface area contributed by atoms with Crippen LogP contribution in [0.25, 0.3) is 0 Å². The fraction of sp³-hybridized carbons (Fsp3) is 0.571. The molecule has 0 saturated heterocycles. The minimum Gasteiger partial charge on any atom is -0.464 e. The van der Waals surface area contributed by atoms with E-state index >= 15 is 0 Å². The molecule has 0 radical (unpaired) electrons. The Morgan fingerprint density at radius 2 is 2.37 bits per heavy atom. The number of rotatable bonds is 4. The third-order valence-corrected chi connectivity index (χ3v) is 3.96. The van der Waals surface area contributed by atoms with Crippen LogP contribution in [0.3, 0.4) is 0 Å². The van der Waals surface area contributed by atoms with E-state index in [4.69, 9.17) is 10.5 Å². The van der Waals surface area contributed by atoms with Gasteiger partial charge in [-0.25, -0.2) is 9.78 Å². The van der Waals surface area contributed by atoms with Crippen molar-refractivity contribution in [1.82, 2.24) is 4.98 Å². The molecule has 1 aromatic rings. The van der Waals surface area contributed by atoms with E-state index in [0.29, 0.717) is 24.2 Å². The molecule has 0 aliphatic heterocycles. The Bertz CT molecular complexity index is 450. The van der Waals surface area contributed by atoms with Gasteiger partial charge >= 0.3 is 5.97 Å². The predicted octanol–water partition coefficient (Wildman–Crippen LogP) is 1.43. The van der Waals surface area contributed by atoms with Crippen LogP contribution in [0.2, 0.25) is 0 Å². The third-order valence-electron chi connectivity index (χ3n) is 3.96. The van der Waals surface area contributed by atoms with E-state index in [1.54, 1.807) is 12.3 Å². The van der Waals surface area contributed by atoms with Gasteiger partial charge in [-0.3, -0.25) is 0 Å². The third kappa shape index (κ3) is 2.87. The second-order valence-corrected chi connectivity index (χ2v) is 5.00. The molecule has 0 aromatic carbocycles. The zero-order valence-corrected chi connectivity index (χ0v) is 11.5. The van der Waals surface area contributed by atoms with E-state index in [2.05, 4.69) is 16.9 Å². The van der Waals surface area contributed by atoms with Crippen LogP contribution in [0.4, 0.5) is 5.69 Å². The summed E-state index contributed by atoms with van der Waals surface area (Å²) in [6, 6.07) is 4.13. The number of nitrogens with zero attached hydrogens (tertiary/aromatic N) is 2. The van der Waals surface area contributed by atoms with Gasteiger partial charge in [0.1, 0.15) is 5.69 Å². The van der Waals surface area contributed by atoms with E-state index in [-0.39, 0.29) is 0 Å². The van der Waals surface area contributed by atoms with Gasteiger partial charge in [0.25, 0.3) is 0 Å². The van der Waals surface area contributed by atoms with Gasteiger partial charge in [-0.1, -0.05) is 6.42 Å². The second-order valence-electron chi connectivity index (χ2n) is 5.00. The minimum absolute atomic E-state index is 0.342. The van der Waals surface area contributed by atoms with Gasteiger partial charge in [-0.05, 0) is 37.4 Å². The highest BCUT2D eigenvalue weighted by molar-refractivity contribution is 5.88. The molecular formula is C14H21N3O2. The van der Waals surface area contributed by atoms with Crippen molar-refractivity contribution >= 4 is 11.7 Å². The van der Waals surface area contributed by atoms with Crippen molar-refractivity contribution in [3.8, 4) is 0 Å². The molecule has 104 valence electrons. The molecule has 2 rings (SSSR count). The van der Waals surface area contributed by atoms with Crippen molar-refractivity contribution < 1.29 is 9.53 Å². The van der Waals surface area contributed by atoms with Gasteiger partial charge in [0.15, 0.2) is 0 Å². The molecule has 19 heavy (non-hydrogen) atoms. The molecule has 0 spiro atoms. The molecule has 0 bridgehead atoms. The lowest BCUT2D eigenvalue weighted by Gasteiger charge is -2.31. The van der Waals surface area contributed by atoms with Gasteiger partial charge in [0.2, 0.25) is 0 Å². The molecule has 2 N–H and O–H groups in total. The summed E-state index contributed by atoms with van der Waals surface area (Å²) < 4.78 is 4.70. The van der Waals surface area contributed by atoms with Crippen LogP contribution < -0.4 is 10.6 Å². The number of nitrogens with two attached hydrogens (primary N) is 1. The largest absolute Gasteiger partial charge is 0.464 e. The van der Waals surface area contributed by atoms with E-state index in [1.807, 2.05) is 6.07 Å². The van der Waals surface area contributed by atoms with Gasteiger partial charge in [0.05, 0.1) is 7.11 Å². The zero-order valence-electron chi connectivity index (χ0n) is 11.5. The lowest BCUT2D eigenvalue weighted by atomic mass is 10.0. The maximum Gasteiger partial charge on any atom is 0.356 e. The van der Waals surface area contributed by atoms with Crippen molar-refractivity contribution in [3.63, 3.8) is 0 Å². The van der Waals surface area contributed by atoms with Crippen LogP contribution in [0.5, 0.6) is 0 Å². The van der Waals surface area contributed by atoms with E-state index in [0.717, 1.165) is 12.1 Å². The summed E-state index contributed by atoms with van der Waals surface area (Å²) in [5, 5.41) is 0. The summed E-state index contributed by atoms with van der Waals surface area (Å²) in [5.74, 6) is 0.122. The number of methoxy groups -OCH3 is 1. The number of pyridine rings is 1. The number of hydrogen-bond acceptors (Lipinski definition) is 5. The molecule has 0 amide bonds. The number of carbonyl (C=O) groups excluding carboxylic acids is 1. The smallest absolute Gasteiger partial charge is 0.356 e. The Hall–Kier alpha value is -1.62. The molecule has 1 fully saturated rings. The van der Waals surface area contributed by atoms with Crippen LogP contribution in [0.15, 0.2) is 18.3 Å². The van der Waals surface area contributed by atoms with Crippen molar-refractivity contribution in [1.29, 1.82) is 0 Å². The standard InChI is InChI=1S/C14H21N3O2/c1-17(13-5-3-4-10(13)9-15)11-6-7-16-12(8-11)14(18)19-2/h6-8,10,13H,3-5,9,15H2,1-2H3. The van der Waals surface area contributed by atoms with E-state index < -0.39 is 5.97 Å². The molecular weight excluding hydrogens is 242 g/mol. The predicted molar refractivity (Wildman–Crippen MR) is 74.2 cm³/mol. The Morgan fingerprint density at radius 1 is 1.58 bits per heavy atom. The van der Waals surface area contributed by atoms with Crippen LogP contribution in [-0.4, -0.2) is 37.7 Å². The first kappa shape index (κ1) is 13.8. The first-order valence-corrected chi connectivity index (χ1v) is 6.64. The Labute approximate surface area is 113 Å². The number of ether oxygens (including phenoxy) is 1. The highest BCUT2D eigenvalue weighted by Gasteiger charge is 2.29. The second kappa shape index (κ2) is 6.02. The quantitative estimate of drug-likeness (QED) is 0.832. The molecule has 1 saturated carbocycles. The molecule has 2 unspecified atom stereocenters. The Kier molecular flexibility index (Phi) is 4.37. The number of aromatic nitrogens is 1. The lowest BCUT2D eigenvalue weighted by molar-refractivity contribution is 0.0594. The molecule has 1 heterocycles. The van der Waals surface area contributed by atoms with Crippen molar-refractivity contribution in [2.75, 3.05) is 25.6 Å². The summed E-state index contributed by atoms with van der Waals surface area (Å²) >= 11 is 0. The fourth-order valence-electron chi connectivity index (χ4n) is 2.85. The first-order chi connectivity index (χ1) is 9.17. The summed E-state index contributed by atoms with van der Waals surface area (Å²) in [6.07, 6.45) is 5.19. The number of hydrogen-bond donors (Lipinski definition) is 1. The summed E-state index contributed by atoms with van der Waals surface area (Å²) in [6.45, 7) is 0.712. The minimum atomic E-state index is -0.406. The number of anilines is 1. The van der Waals surface area contributed by atoms with Crippen LogP contribution >= 0.6 is 0 Å². The summed E-state index contributed by atoms with van der Waals surface area (Å²) in [5.41, 5.74) is 7.16. The number of esters is 1. The Morgan fingerprint density at radius 3 is 3.05 bits per heavy atom. The summed E-state index contributed by atoms with van der Waals surface area (Å²) in [7, 11) is 3.41. The average molecular weight is 263 g/mol. The normalized spacial score (nSPS) is 22.3. The van der Waals surface area contributed by atoms with Gasteiger partial charge in [-0.2, -0.15) is 0 Å². The Balaban J connectivity index is 2.19. The fourth-order valence-corrected chi connectivity index (χ4v) is 2.85. The highest BCUT2D eigenvalue weighted by Crippen LogP contribution is 2.31. The summed E-state index contributed by atoms with van der Waals surface area (Å²) in [4.78, 5) is 17.7. The van der Waals surface area contributed by atoms with Crippen LogP contribution in [-0.2, 0) is 4.74 Å². The van der Waals surface area contributed by atoms with E-state index in [1.165, 1.54) is 20.0 Å². The van der Waals surface area contributed by atoms with Crippen LogP contribution in [0.1, 0.15) is 29.8 Å². The maximum absolute atomic E-state index is 11.5. The van der Waals surface area contributed by atoms with Crippen molar-refractivity contribution in [2.24, 2.45) is 11.7 Å². The topological polar surface area (TPSA) is 68.5 Å². The number of carbonyl (C=O) groups is 1. The van der Waals surface area contributed by atoms with Gasteiger partial charge in [0, 0.05) is 25.0 Å². The van der Waals surface area contributed by atoms with Gasteiger partial charge < -0.3 is 15.4 Å².